The Hall–Kier alpha value is -2.20. The number of rotatable bonds is 3. The van der Waals surface area contributed by atoms with Crippen LogP contribution in [0.25, 0.3) is 0 Å². The van der Waals surface area contributed by atoms with Crippen molar-refractivity contribution < 1.29 is 4.79 Å². The molecule has 18 heavy (non-hydrogen) atoms. The number of aryl methyl sites for hydroxylation is 1. The van der Waals surface area contributed by atoms with E-state index < -0.39 is 6.04 Å². The molecule has 2 aromatic rings. The molecule has 0 fully saturated rings. The molecule has 1 heterocycles. The van der Waals surface area contributed by atoms with E-state index in [4.69, 9.17) is 5.73 Å². The summed E-state index contributed by atoms with van der Waals surface area (Å²) in [6.45, 7) is 1.92. The van der Waals surface area contributed by atoms with E-state index in [1.807, 2.05) is 43.3 Å². The molecule has 0 aliphatic rings. The normalized spacial score (nSPS) is 11.9. The van der Waals surface area contributed by atoms with E-state index in [0.717, 1.165) is 11.1 Å². The SMILES string of the molecule is Cc1cncc(NC(=O)C(N)c2ccccc2)c1. The second-order valence-electron chi connectivity index (χ2n) is 4.13. The predicted octanol–water partition coefficient (Wildman–Crippen LogP) is 2.03. The molecule has 1 atom stereocenters. The van der Waals surface area contributed by atoms with Crippen molar-refractivity contribution in [2.45, 2.75) is 13.0 Å². The van der Waals surface area contributed by atoms with Gasteiger partial charge in [-0.15, -0.1) is 0 Å². The minimum atomic E-state index is -0.674. The molecule has 4 nitrogen and oxygen atoms in total. The largest absolute Gasteiger partial charge is 0.323 e. The number of amides is 1. The lowest BCUT2D eigenvalue weighted by Gasteiger charge is -2.12. The fraction of sp³-hybridized carbons (Fsp3) is 0.143. The Bertz CT molecular complexity index is 540. The number of pyridine rings is 1. The van der Waals surface area contributed by atoms with Gasteiger partial charge in [0.15, 0.2) is 0 Å². The van der Waals surface area contributed by atoms with Crippen LogP contribution in [-0.4, -0.2) is 10.9 Å². The maximum absolute atomic E-state index is 12.0. The Kier molecular flexibility index (Phi) is 3.69. The van der Waals surface area contributed by atoms with Gasteiger partial charge in [0.05, 0.1) is 11.9 Å². The molecule has 0 radical (unpaired) electrons. The van der Waals surface area contributed by atoms with Gasteiger partial charge >= 0.3 is 0 Å². The van der Waals surface area contributed by atoms with E-state index in [0.29, 0.717) is 5.69 Å². The molecule has 0 saturated carbocycles. The van der Waals surface area contributed by atoms with Crippen molar-refractivity contribution in [1.82, 2.24) is 4.98 Å². The van der Waals surface area contributed by atoms with Gasteiger partial charge in [-0.05, 0) is 24.1 Å². The molecule has 92 valence electrons. The molecule has 1 amide bonds. The summed E-state index contributed by atoms with van der Waals surface area (Å²) >= 11 is 0. The zero-order valence-electron chi connectivity index (χ0n) is 10.1. The Labute approximate surface area is 106 Å². The van der Waals surface area contributed by atoms with E-state index in [-0.39, 0.29) is 5.91 Å². The number of aromatic nitrogens is 1. The highest BCUT2D eigenvalue weighted by Gasteiger charge is 2.15. The molecule has 0 aliphatic carbocycles. The molecule has 0 aliphatic heterocycles. The smallest absolute Gasteiger partial charge is 0.245 e. The monoisotopic (exact) mass is 241 g/mol. The number of anilines is 1. The van der Waals surface area contributed by atoms with Gasteiger partial charge in [-0.1, -0.05) is 30.3 Å². The van der Waals surface area contributed by atoms with Crippen LogP contribution in [0.2, 0.25) is 0 Å². The van der Waals surface area contributed by atoms with Crippen molar-refractivity contribution in [3.05, 3.63) is 59.9 Å². The second-order valence-corrected chi connectivity index (χ2v) is 4.13. The summed E-state index contributed by atoms with van der Waals surface area (Å²) < 4.78 is 0. The first kappa shape index (κ1) is 12.3. The van der Waals surface area contributed by atoms with Gasteiger partial charge in [-0.2, -0.15) is 0 Å². The summed E-state index contributed by atoms with van der Waals surface area (Å²) in [4.78, 5) is 16.0. The van der Waals surface area contributed by atoms with Crippen molar-refractivity contribution in [3.8, 4) is 0 Å². The third-order valence-electron chi connectivity index (χ3n) is 2.58. The number of nitrogens with zero attached hydrogens (tertiary/aromatic N) is 1. The predicted molar refractivity (Wildman–Crippen MR) is 71.0 cm³/mol. The standard InChI is InChI=1S/C14H15N3O/c1-10-7-12(9-16-8-10)17-14(18)13(15)11-5-3-2-4-6-11/h2-9,13H,15H2,1H3,(H,17,18). The van der Waals surface area contributed by atoms with Crippen molar-refractivity contribution in [1.29, 1.82) is 0 Å². The van der Waals surface area contributed by atoms with Gasteiger partial charge in [-0.25, -0.2) is 0 Å². The highest BCUT2D eigenvalue weighted by Crippen LogP contribution is 2.13. The van der Waals surface area contributed by atoms with Crippen molar-refractivity contribution in [3.63, 3.8) is 0 Å². The summed E-state index contributed by atoms with van der Waals surface area (Å²) in [5.41, 5.74) is 8.33. The minimum Gasteiger partial charge on any atom is -0.323 e. The van der Waals surface area contributed by atoms with Gasteiger partial charge in [0.2, 0.25) is 5.91 Å². The first-order valence-corrected chi connectivity index (χ1v) is 5.70. The van der Waals surface area contributed by atoms with E-state index in [1.165, 1.54) is 0 Å². The van der Waals surface area contributed by atoms with Crippen molar-refractivity contribution in [2.24, 2.45) is 5.73 Å². The first-order valence-electron chi connectivity index (χ1n) is 5.70. The van der Waals surface area contributed by atoms with Gasteiger partial charge in [-0.3, -0.25) is 9.78 Å². The Morgan fingerprint density at radius 2 is 2.00 bits per heavy atom. The van der Waals surface area contributed by atoms with Gasteiger partial charge in [0.1, 0.15) is 6.04 Å². The number of nitrogens with one attached hydrogen (secondary N) is 1. The summed E-state index contributed by atoms with van der Waals surface area (Å²) in [6.07, 6.45) is 3.33. The quantitative estimate of drug-likeness (QED) is 0.864. The van der Waals surface area contributed by atoms with Crippen LogP contribution in [0, 0.1) is 6.92 Å². The van der Waals surface area contributed by atoms with Gasteiger partial charge in [0, 0.05) is 6.20 Å². The molecule has 1 aromatic carbocycles. The van der Waals surface area contributed by atoms with E-state index >= 15 is 0 Å². The number of carbonyl (C=O) groups is 1. The average Bonchev–Trinajstić information content (AvgIpc) is 2.39. The van der Waals surface area contributed by atoms with Crippen LogP contribution in [0.1, 0.15) is 17.2 Å². The third kappa shape index (κ3) is 2.93. The first-order chi connectivity index (χ1) is 8.66. The minimum absolute atomic E-state index is 0.242. The topological polar surface area (TPSA) is 68.0 Å². The summed E-state index contributed by atoms with van der Waals surface area (Å²) in [5, 5.41) is 2.75. The van der Waals surface area contributed by atoms with Gasteiger partial charge < -0.3 is 11.1 Å². The highest BCUT2D eigenvalue weighted by molar-refractivity contribution is 5.95. The lowest BCUT2D eigenvalue weighted by atomic mass is 10.1. The van der Waals surface area contributed by atoms with Crippen LogP contribution in [0.5, 0.6) is 0 Å². The molecule has 0 saturated heterocycles. The zero-order valence-corrected chi connectivity index (χ0v) is 10.1. The lowest BCUT2D eigenvalue weighted by molar-refractivity contribution is -0.117. The number of hydrogen-bond donors (Lipinski definition) is 2. The molecule has 3 N–H and O–H groups in total. The number of carbonyl (C=O) groups excluding carboxylic acids is 1. The maximum Gasteiger partial charge on any atom is 0.245 e. The molecule has 4 heteroatoms. The Balaban J connectivity index is 2.09. The Morgan fingerprint density at radius 3 is 2.67 bits per heavy atom. The number of nitrogens with two attached hydrogens (primary N) is 1. The van der Waals surface area contributed by atoms with Crippen LogP contribution in [0.4, 0.5) is 5.69 Å². The Morgan fingerprint density at radius 1 is 1.28 bits per heavy atom. The van der Waals surface area contributed by atoms with Crippen LogP contribution in [-0.2, 0) is 4.79 Å². The van der Waals surface area contributed by atoms with E-state index in [2.05, 4.69) is 10.3 Å². The number of benzene rings is 1. The molecule has 2 rings (SSSR count). The molecule has 0 bridgehead atoms. The van der Waals surface area contributed by atoms with E-state index in [1.54, 1.807) is 12.4 Å². The molecule has 0 spiro atoms. The average molecular weight is 241 g/mol. The summed E-state index contributed by atoms with van der Waals surface area (Å²) in [6, 6.07) is 10.4. The summed E-state index contributed by atoms with van der Waals surface area (Å²) in [5.74, 6) is -0.242. The van der Waals surface area contributed by atoms with Crippen LogP contribution < -0.4 is 11.1 Å². The van der Waals surface area contributed by atoms with Gasteiger partial charge in [0.25, 0.3) is 0 Å². The lowest BCUT2D eigenvalue weighted by Crippen LogP contribution is -2.27. The third-order valence-corrected chi connectivity index (χ3v) is 2.58. The summed E-state index contributed by atoms with van der Waals surface area (Å²) in [7, 11) is 0. The van der Waals surface area contributed by atoms with Crippen molar-refractivity contribution in [2.75, 3.05) is 5.32 Å². The maximum atomic E-state index is 12.0. The number of hydrogen-bond acceptors (Lipinski definition) is 3. The molecular formula is C14H15N3O. The van der Waals surface area contributed by atoms with Crippen LogP contribution in [0.3, 0.4) is 0 Å². The van der Waals surface area contributed by atoms with Crippen LogP contribution >= 0.6 is 0 Å². The molecule has 1 aromatic heterocycles. The second kappa shape index (κ2) is 5.42. The fourth-order valence-corrected chi connectivity index (χ4v) is 1.66. The fourth-order valence-electron chi connectivity index (χ4n) is 1.66. The highest BCUT2D eigenvalue weighted by atomic mass is 16.2. The molecule has 1 unspecified atom stereocenters. The van der Waals surface area contributed by atoms with Crippen molar-refractivity contribution >= 4 is 11.6 Å². The van der Waals surface area contributed by atoms with E-state index in [9.17, 15) is 4.79 Å². The molecular weight excluding hydrogens is 226 g/mol. The zero-order chi connectivity index (χ0) is 13.0. The van der Waals surface area contributed by atoms with Crippen LogP contribution in [0.15, 0.2) is 48.8 Å².